The van der Waals surface area contributed by atoms with Crippen molar-refractivity contribution in [2.45, 2.75) is 24.7 Å². The number of rotatable bonds is 4. The van der Waals surface area contributed by atoms with Gasteiger partial charge < -0.3 is 4.52 Å². The zero-order valence-electron chi connectivity index (χ0n) is 12.3. The Hall–Kier alpha value is -2.64. The van der Waals surface area contributed by atoms with E-state index in [0.29, 0.717) is 5.82 Å². The number of alkyl halides is 2. The number of pyridine rings is 1. The lowest BCUT2D eigenvalue weighted by Crippen LogP contribution is -2.10. The SMILES string of the molecule is Cn1nc(-c2nc(C3(c4ccncc4)CC3)no2)cc1C(F)F. The Labute approximate surface area is 130 Å². The van der Waals surface area contributed by atoms with E-state index in [1.54, 1.807) is 12.4 Å². The molecule has 3 heterocycles. The zero-order chi connectivity index (χ0) is 16.0. The predicted molar refractivity (Wildman–Crippen MR) is 75.7 cm³/mol. The first-order valence-corrected chi connectivity index (χ1v) is 7.17. The maximum Gasteiger partial charge on any atom is 0.280 e. The minimum atomic E-state index is -2.60. The maximum atomic E-state index is 12.8. The minimum Gasteiger partial charge on any atom is -0.332 e. The molecule has 0 aromatic carbocycles. The smallest absolute Gasteiger partial charge is 0.280 e. The Morgan fingerprint density at radius 3 is 2.61 bits per heavy atom. The van der Waals surface area contributed by atoms with E-state index in [9.17, 15) is 8.78 Å². The molecule has 1 saturated carbocycles. The van der Waals surface area contributed by atoms with E-state index in [4.69, 9.17) is 4.52 Å². The van der Waals surface area contributed by atoms with E-state index < -0.39 is 6.43 Å². The van der Waals surface area contributed by atoms with Crippen molar-refractivity contribution < 1.29 is 13.3 Å². The molecular formula is C15H13F2N5O. The molecule has 23 heavy (non-hydrogen) atoms. The van der Waals surface area contributed by atoms with Crippen LogP contribution in [0.5, 0.6) is 0 Å². The highest BCUT2D eigenvalue weighted by Gasteiger charge is 2.50. The first kappa shape index (κ1) is 14.0. The Kier molecular flexibility index (Phi) is 3.00. The number of halogens is 2. The summed E-state index contributed by atoms with van der Waals surface area (Å²) in [5, 5.41) is 8.06. The van der Waals surface area contributed by atoms with Crippen LogP contribution in [0.15, 0.2) is 35.1 Å². The molecule has 1 aliphatic rings. The maximum absolute atomic E-state index is 12.8. The highest BCUT2D eigenvalue weighted by Crippen LogP contribution is 2.52. The highest BCUT2D eigenvalue weighted by molar-refractivity contribution is 5.49. The summed E-state index contributed by atoms with van der Waals surface area (Å²) in [4.78, 5) is 8.40. The van der Waals surface area contributed by atoms with E-state index >= 15 is 0 Å². The molecule has 0 atom stereocenters. The Bertz CT molecular complexity index is 839. The van der Waals surface area contributed by atoms with E-state index in [-0.39, 0.29) is 22.7 Å². The van der Waals surface area contributed by atoms with E-state index in [1.807, 2.05) is 12.1 Å². The molecule has 0 radical (unpaired) electrons. The van der Waals surface area contributed by atoms with Crippen molar-refractivity contribution >= 4 is 0 Å². The van der Waals surface area contributed by atoms with Gasteiger partial charge in [0.1, 0.15) is 5.69 Å². The van der Waals surface area contributed by atoms with Crippen LogP contribution in [0.4, 0.5) is 8.78 Å². The van der Waals surface area contributed by atoms with Crippen LogP contribution in [0.25, 0.3) is 11.6 Å². The fourth-order valence-corrected chi connectivity index (χ4v) is 2.75. The normalized spacial score (nSPS) is 16.0. The lowest BCUT2D eigenvalue weighted by Gasteiger charge is -2.09. The van der Waals surface area contributed by atoms with Crippen molar-refractivity contribution in [3.8, 4) is 11.6 Å². The molecular weight excluding hydrogens is 304 g/mol. The summed E-state index contributed by atoms with van der Waals surface area (Å²) in [5.41, 5.74) is 0.890. The quantitative estimate of drug-likeness (QED) is 0.740. The van der Waals surface area contributed by atoms with Crippen LogP contribution < -0.4 is 0 Å². The topological polar surface area (TPSA) is 69.6 Å². The van der Waals surface area contributed by atoms with Crippen LogP contribution in [0.2, 0.25) is 0 Å². The number of nitrogens with zero attached hydrogens (tertiary/aromatic N) is 5. The van der Waals surface area contributed by atoms with Crippen molar-refractivity contribution in [3.05, 3.63) is 47.7 Å². The summed E-state index contributed by atoms with van der Waals surface area (Å²) in [6, 6.07) is 5.13. The van der Waals surface area contributed by atoms with Gasteiger partial charge in [-0.3, -0.25) is 9.67 Å². The Morgan fingerprint density at radius 1 is 1.26 bits per heavy atom. The van der Waals surface area contributed by atoms with Gasteiger partial charge in [-0.25, -0.2) is 8.78 Å². The summed E-state index contributed by atoms with van der Waals surface area (Å²) in [7, 11) is 1.46. The molecule has 3 aromatic heterocycles. The largest absolute Gasteiger partial charge is 0.332 e. The van der Waals surface area contributed by atoms with Crippen molar-refractivity contribution in [3.63, 3.8) is 0 Å². The van der Waals surface area contributed by atoms with E-state index in [0.717, 1.165) is 23.1 Å². The number of aryl methyl sites for hydroxylation is 1. The average molecular weight is 317 g/mol. The Balaban J connectivity index is 1.69. The Morgan fingerprint density at radius 2 is 2.00 bits per heavy atom. The molecule has 0 unspecified atom stereocenters. The molecule has 6 nitrogen and oxygen atoms in total. The lowest BCUT2D eigenvalue weighted by molar-refractivity contribution is 0.141. The zero-order valence-corrected chi connectivity index (χ0v) is 12.3. The van der Waals surface area contributed by atoms with Gasteiger partial charge >= 0.3 is 0 Å². The third-order valence-corrected chi connectivity index (χ3v) is 4.20. The van der Waals surface area contributed by atoms with Gasteiger partial charge in [0, 0.05) is 19.4 Å². The molecule has 0 bridgehead atoms. The van der Waals surface area contributed by atoms with Crippen molar-refractivity contribution in [1.82, 2.24) is 24.9 Å². The number of hydrogen-bond donors (Lipinski definition) is 0. The second kappa shape index (κ2) is 4.94. The molecule has 0 aliphatic heterocycles. The fourth-order valence-electron chi connectivity index (χ4n) is 2.75. The van der Waals surface area contributed by atoms with Gasteiger partial charge in [0.15, 0.2) is 11.5 Å². The first-order chi connectivity index (χ1) is 11.1. The summed E-state index contributed by atoms with van der Waals surface area (Å²) >= 11 is 0. The molecule has 118 valence electrons. The molecule has 1 aliphatic carbocycles. The molecule has 0 saturated heterocycles. The molecule has 0 amide bonds. The van der Waals surface area contributed by atoms with Gasteiger partial charge in [0.05, 0.1) is 5.41 Å². The van der Waals surface area contributed by atoms with Crippen LogP contribution in [-0.2, 0) is 12.5 Å². The van der Waals surface area contributed by atoms with E-state index in [2.05, 4.69) is 20.2 Å². The number of aromatic nitrogens is 5. The second-order valence-corrected chi connectivity index (χ2v) is 5.62. The van der Waals surface area contributed by atoms with Gasteiger partial charge in [-0.2, -0.15) is 10.1 Å². The van der Waals surface area contributed by atoms with Crippen LogP contribution in [0.1, 0.15) is 36.3 Å². The standard InChI is InChI=1S/C15H13F2N5O/c1-22-11(12(16)17)8-10(20-22)13-19-14(21-23-13)15(4-5-15)9-2-6-18-7-3-9/h2-3,6-8,12H,4-5H2,1H3. The molecule has 8 heteroatoms. The van der Waals surface area contributed by atoms with Crippen molar-refractivity contribution in [1.29, 1.82) is 0 Å². The predicted octanol–water partition coefficient (Wildman–Crippen LogP) is 2.88. The van der Waals surface area contributed by atoms with Gasteiger partial charge in [-0.15, -0.1) is 0 Å². The van der Waals surface area contributed by atoms with Gasteiger partial charge in [0.2, 0.25) is 0 Å². The summed E-state index contributed by atoms with van der Waals surface area (Å²) in [6.45, 7) is 0. The first-order valence-electron chi connectivity index (χ1n) is 7.17. The monoisotopic (exact) mass is 317 g/mol. The number of hydrogen-bond acceptors (Lipinski definition) is 5. The minimum absolute atomic E-state index is 0.155. The average Bonchev–Trinajstić information content (AvgIpc) is 3.03. The summed E-state index contributed by atoms with van der Waals surface area (Å²) in [6.07, 6.45) is 2.69. The third-order valence-electron chi connectivity index (χ3n) is 4.20. The van der Waals surface area contributed by atoms with Crippen LogP contribution >= 0.6 is 0 Å². The van der Waals surface area contributed by atoms with E-state index in [1.165, 1.54) is 13.1 Å². The lowest BCUT2D eigenvalue weighted by atomic mass is 9.96. The summed E-state index contributed by atoms with van der Waals surface area (Å²) in [5.74, 6) is 0.714. The van der Waals surface area contributed by atoms with Gasteiger partial charge in [-0.1, -0.05) is 5.16 Å². The molecule has 4 rings (SSSR count). The molecule has 3 aromatic rings. The molecule has 0 N–H and O–H groups in total. The van der Waals surface area contributed by atoms with Crippen LogP contribution in [0, 0.1) is 0 Å². The van der Waals surface area contributed by atoms with Gasteiger partial charge in [-0.05, 0) is 36.6 Å². The van der Waals surface area contributed by atoms with Crippen LogP contribution in [-0.4, -0.2) is 24.9 Å². The fraction of sp³-hybridized carbons (Fsp3) is 0.333. The van der Waals surface area contributed by atoms with Gasteiger partial charge in [0.25, 0.3) is 12.3 Å². The molecule has 1 fully saturated rings. The molecule has 0 spiro atoms. The second-order valence-electron chi connectivity index (χ2n) is 5.62. The summed E-state index contributed by atoms with van der Waals surface area (Å²) < 4.78 is 32.1. The third kappa shape index (κ3) is 2.21. The van der Waals surface area contributed by atoms with Crippen molar-refractivity contribution in [2.24, 2.45) is 7.05 Å². The van der Waals surface area contributed by atoms with Crippen LogP contribution in [0.3, 0.4) is 0 Å². The van der Waals surface area contributed by atoms with Crippen molar-refractivity contribution in [2.75, 3.05) is 0 Å². The highest BCUT2D eigenvalue weighted by atomic mass is 19.3.